The number of rotatable bonds is 4. The van der Waals surface area contributed by atoms with E-state index in [-0.39, 0.29) is 23.4 Å². The van der Waals surface area contributed by atoms with Gasteiger partial charge in [-0.2, -0.15) is 0 Å². The second-order valence-corrected chi connectivity index (χ2v) is 7.68. The van der Waals surface area contributed by atoms with Crippen LogP contribution >= 0.6 is 0 Å². The van der Waals surface area contributed by atoms with Crippen molar-refractivity contribution < 1.29 is 24.9 Å². The first-order valence-electron chi connectivity index (χ1n) is 9.71. The van der Waals surface area contributed by atoms with Crippen molar-refractivity contribution in [3.05, 3.63) is 53.1 Å². The predicted molar refractivity (Wildman–Crippen MR) is 108 cm³/mol. The molecule has 2 amide bonds. The summed E-state index contributed by atoms with van der Waals surface area (Å²) in [5.74, 6) is -1.79. The van der Waals surface area contributed by atoms with Crippen molar-refractivity contribution in [3.8, 4) is 17.2 Å². The lowest BCUT2D eigenvalue weighted by Gasteiger charge is -2.32. The lowest BCUT2D eigenvalue weighted by molar-refractivity contribution is 0.0697. The van der Waals surface area contributed by atoms with Crippen LogP contribution in [-0.2, 0) is 0 Å². The van der Waals surface area contributed by atoms with Crippen LogP contribution in [0.5, 0.6) is 17.2 Å². The Morgan fingerprint density at radius 1 is 0.966 bits per heavy atom. The van der Waals surface area contributed by atoms with E-state index in [1.54, 1.807) is 4.90 Å². The van der Waals surface area contributed by atoms with Gasteiger partial charge in [-0.25, -0.2) is 0 Å². The standard InChI is InChI=1S/C22H26N2O5/c1-13(2)14-3-5-15(6-4-14)21(28)23-17-7-9-24(10-8-17)22(29)16-11-18(25)20(27)19(26)12-16/h3-6,11-13,17,25-27H,7-10H2,1-2H3,(H,23,28). The van der Waals surface area contributed by atoms with Gasteiger partial charge in [-0.15, -0.1) is 0 Å². The van der Waals surface area contributed by atoms with Crippen molar-refractivity contribution in [1.82, 2.24) is 10.2 Å². The topological polar surface area (TPSA) is 110 Å². The Hall–Kier alpha value is -3.22. The number of carbonyl (C=O) groups excluding carboxylic acids is 2. The molecule has 2 aromatic rings. The molecule has 154 valence electrons. The Morgan fingerprint density at radius 3 is 2.03 bits per heavy atom. The molecule has 0 saturated carbocycles. The Labute approximate surface area is 169 Å². The molecule has 7 nitrogen and oxygen atoms in total. The molecule has 4 N–H and O–H groups in total. The number of phenols is 3. The van der Waals surface area contributed by atoms with E-state index in [9.17, 15) is 24.9 Å². The van der Waals surface area contributed by atoms with Crippen molar-refractivity contribution >= 4 is 11.8 Å². The molecule has 29 heavy (non-hydrogen) atoms. The molecule has 1 aliphatic heterocycles. The van der Waals surface area contributed by atoms with Crippen LogP contribution in [0, 0.1) is 0 Å². The van der Waals surface area contributed by atoms with Crippen LogP contribution in [-0.4, -0.2) is 51.2 Å². The van der Waals surface area contributed by atoms with E-state index in [0.29, 0.717) is 37.4 Å². The second-order valence-electron chi connectivity index (χ2n) is 7.68. The molecule has 3 rings (SSSR count). The maximum absolute atomic E-state index is 12.6. The number of phenolic OH excluding ortho intramolecular Hbond substituents is 3. The van der Waals surface area contributed by atoms with E-state index in [1.165, 1.54) is 5.56 Å². The van der Waals surface area contributed by atoms with Crippen molar-refractivity contribution in [2.75, 3.05) is 13.1 Å². The van der Waals surface area contributed by atoms with Crippen LogP contribution in [0.1, 0.15) is 58.9 Å². The lowest BCUT2D eigenvalue weighted by atomic mass is 10.0. The fraction of sp³-hybridized carbons (Fsp3) is 0.364. The average molecular weight is 398 g/mol. The Balaban J connectivity index is 1.56. The Kier molecular flexibility index (Phi) is 5.96. The Morgan fingerprint density at radius 2 is 1.52 bits per heavy atom. The number of likely N-dealkylation sites (tertiary alicyclic amines) is 1. The predicted octanol–water partition coefficient (Wildman–Crippen LogP) is 2.96. The van der Waals surface area contributed by atoms with Gasteiger partial charge in [0.05, 0.1) is 0 Å². The highest BCUT2D eigenvalue weighted by atomic mass is 16.3. The number of amides is 2. The highest BCUT2D eigenvalue weighted by Gasteiger charge is 2.26. The highest BCUT2D eigenvalue weighted by Crippen LogP contribution is 2.35. The maximum atomic E-state index is 12.6. The van der Waals surface area contributed by atoms with Gasteiger partial charge in [-0.3, -0.25) is 9.59 Å². The minimum Gasteiger partial charge on any atom is -0.504 e. The van der Waals surface area contributed by atoms with E-state index in [1.807, 2.05) is 24.3 Å². The Bertz CT molecular complexity index is 877. The summed E-state index contributed by atoms with van der Waals surface area (Å²) in [5, 5.41) is 31.6. The normalized spacial score (nSPS) is 14.8. The summed E-state index contributed by atoms with van der Waals surface area (Å²) in [6.07, 6.45) is 1.22. The average Bonchev–Trinajstić information content (AvgIpc) is 2.71. The van der Waals surface area contributed by atoms with E-state index in [2.05, 4.69) is 19.2 Å². The summed E-state index contributed by atoms with van der Waals surface area (Å²) in [4.78, 5) is 26.7. The highest BCUT2D eigenvalue weighted by molar-refractivity contribution is 5.96. The van der Waals surface area contributed by atoms with Crippen LogP contribution in [0.3, 0.4) is 0 Å². The summed E-state index contributed by atoms with van der Waals surface area (Å²) >= 11 is 0. The first-order valence-corrected chi connectivity index (χ1v) is 9.71. The van der Waals surface area contributed by atoms with E-state index in [4.69, 9.17) is 0 Å². The molecule has 0 unspecified atom stereocenters. The molecule has 0 spiro atoms. The zero-order chi connectivity index (χ0) is 21.1. The molecule has 2 aromatic carbocycles. The largest absolute Gasteiger partial charge is 0.504 e. The summed E-state index contributed by atoms with van der Waals surface area (Å²) in [5.41, 5.74) is 1.90. The van der Waals surface area contributed by atoms with Gasteiger partial charge in [0.25, 0.3) is 11.8 Å². The molecule has 0 atom stereocenters. The third-order valence-electron chi connectivity index (χ3n) is 5.27. The van der Waals surface area contributed by atoms with Crippen molar-refractivity contribution in [1.29, 1.82) is 0 Å². The van der Waals surface area contributed by atoms with Crippen LogP contribution in [0.15, 0.2) is 36.4 Å². The number of benzene rings is 2. The molecule has 1 fully saturated rings. The van der Waals surface area contributed by atoms with Gasteiger partial charge in [0.2, 0.25) is 0 Å². The molecule has 0 aromatic heterocycles. The quantitative estimate of drug-likeness (QED) is 0.592. The number of aromatic hydroxyl groups is 3. The number of hydrogen-bond acceptors (Lipinski definition) is 5. The van der Waals surface area contributed by atoms with Crippen LogP contribution in [0.25, 0.3) is 0 Å². The molecule has 1 saturated heterocycles. The SMILES string of the molecule is CC(C)c1ccc(C(=O)NC2CCN(C(=O)c3cc(O)c(O)c(O)c3)CC2)cc1. The number of nitrogens with zero attached hydrogens (tertiary/aromatic N) is 1. The zero-order valence-electron chi connectivity index (χ0n) is 16.6. The number of nitrogens with one attached hydrogen (secondary N) is 1. The third-order valence-corrected chi connectivity index (χ3v) is 5.27. The molecule has 1 heterocycles. The lowest BCUT2D eigenvalue weighted by Crippen LogP contribution is -2.46. The molecule has 0 radical (unpaired) electrons. The molecule has 7 heteroatoms. The van der Waals surface area contributed by atoms with Crippen LogP contribution in [0.2, 0.25) is 0 Å². The van der Waals surface area contributed by atoms with Gasteiger partial charge < -0.3 is 25.5 Å². The van der Waals surface area contributed by atoms with E-state index < -0.39 is 17.2 Å². The molecule has 1 aliphatic rings. The van der Waals surface area contributed by atoms with E-state index >= 15 is 0 Å². The van der Waals surface area contributed by atoms with Crippen molar-refractivity contribution in [3.63, 3.8) is 0 Å². The first kappa shape index (κ1) is 20.5. The molecule has 0 bridgehead atoms. The summed E-state index contributed by atoms with van der Waals surface area (Å²) in [7, 11) is 0. The molecular weight excluding hydrogens is 372 g/mol. The van der Waals surface area contributed by atoms with Crippen molar-refractivity contribution in [2.24, 2.45) is 0 Å². The second kappa shape index (κ2) is 8.43. The van der Waals surface area contributed by atoms with Gasteiger partial charge in [-0.05, 0) is 48.6 Å². The van der Waals surface area contributed by atoms with Gasteiger partial charge in [0.1, 0.15) is 0 Å². The van der Waals surface area contributed by atoms with Gasteiger partial charge in [0, 0.05) is 30.3 Å². The minimum absolute atomic E-state index is 0.0297. The minimum atomic E-state index is -0.649. The summed E-state index contributed by atoms with van der Waals surface area (Å²) in [6.45, 7) is 5.09. The molecule has 0 aliphatic carbocycles. The monoisotopic (exact) mass is 398 g/mol. The number of piperidine rings is 1. The van der Waals surface area contributed by atoms with Gasteiger partial charge in [-0.1, -0.05) is 26.0 Å². The fourth-order valence-electron chi connectivity index (χ4n) is 3.43. The van der Waals surface area contributed by atoms with Crippen molar-refractivity contribution in [2.45, 2.75) is 38.6 Å². The van der Waals surface area contributed by atoms with Gasteiger partial charge in [0.15, 0.2) is 17.2 Å². The zero-order valence-corrected chi connectivity index (χ0v) is 16.6. The van der Waals surface area contributed by atoms with Gasteiger partial charge >= 0.3 is 0 Å². The number of carbonyl (C=O) groups is 2. The van der Waals surface area contributed by atoms with Crippen LogP contribution < -0.4 is 5.32 Å². The number of hydrogen-bond donors (Lipinski definition) is 4. The molecular formula is C22H26N2O5. The van der Waals surface area contributed by atoms with E-state index in [0.717, 1.165) is 12.1 Å². The summed E-state index contributed by atoms with van der Waals surface area (Å²) in [6, 6.07) is 9.81. The summed E-state index contributed by atoms with van der Waals surface area (Å²) < 4.78 is 0. The fourth-order valence-corrected chi connectivity index (χ4v) is 3.43. The smallest absolute Gasteiger partial charge is 0.254 e. The maximum Gasteiger partial charge on any atom is 0.254 e. The van der Waals surface area contributed by atoms with Crippen LogP contribution in [0.4, 0.5) is 0 Å². The third kappa shape index (κ3) is 4.62. The first-order chi connectivity index (χ1) is 13.8.